The van der Waals surface area contributed by atoms with E-state index in [4.69, 9.17) is 4.74 Å². The second-order valence-electron chi connectivity index (χ2n) is 7.88. The summed E-state index contributed by atoms with van der Waals surface area (Å²) in [5.74, 6) is -0.983. The number of amides is 2. The third kappa shape index (κ3) is 3.56. The maximum atomic E-state index is 13.8. The minimum Gasteiger partial charge on any atom is -0.445 e. The maximum Gasteiger partial charge on any atom is 0.410 e. The first-order valence-electron chi connectivity index (χ1n) is 10.00. The summed E-state index contributed by atoms with van der Waals surface area (Å²) in [5, 5.41) is 0. The van der Waals surface area contributed by atoms with Gasteiger partial charge in [0.1, 0.15) is 18.0 Å². The van der Waals surface area contributed by atoms with Crippen molar-refractivity contribution in [1.82, 2.24) is 4.90 Å². The third-order valence-electron chi connectivity index (χ3n) is 5.95. The van der Waals surface area contributed by atoms with E-state index in [0.29, 0.717) is 12.1 Å². The van der Waals surface area contributed by atoms with Gasteiger partial charge in [-0.25, -0.2) is 9.18 Å². The van der Waals surface area contributed by atoms with Crippen molar-refractivity contribution in [3.8, 4) is 0 Å². The number of carbonyl (C=O) groups is 3. The van der Waals surface area contributed by atoms with Gasteiger partial charge in [0.05, 0.1) is 6.42 Å². The molecule has 4 rings (SSSR count). The van der Waals surface area contributed by atoms with Crippen LogP contribution in [0.4, 0.5) is 14.9 Å². The standard InChI is InChI=1S/C23H23FN2O4/c1-16-14-23(10-11-25(16)22(29)30-15-17-6-3-2-4-7-17)20(27)13-21(28)26(23)19-9-5-8-18(24)12-19/h2-9,12,16H,10-11,13-15H2,1H3/t16-,23+/m0/s1. The van der Waals surface area contributed by atoms with E-state index in [9.17, 15) is 18.8 Å². The number of halogens is 1. The Morgan fingerprint density at radius 1 is 1.17 bits per heavy atom. The Morgan fingerprint density at radius 3 is 2.63 bits per heavy atom. The molecular formula is C23H23FN2O4. The molecule has 0 radical (unpaired) electrons. The van der Waals surface area contributed by atoms with Crippen LogP contribution in [0.3, 0.4) is 0 Å². The van der Waals surface area contributed by atoms with Crippen molar-refractivity contribution in [3.63, 3.8) is 0 Å². The quantitative estimate of drug-likeness (QED) is 0.724. The Bertz CT molecular complexity index is 980. The van der Waals surface area contributed by atoms with Crippen molar-refractivity contribution < 1.29 is 23.5 Å². The van der Waals surface area contributed by atoms with Crippen molar-refractivity contribution in [1.29, 1.82) is 0 Å². The molecule has 1 spiro atoms. The molecular weight excluding hydrogens is 387 g/mol. The highest BCUT2D eigenvalue weighted by molar-refractivity contribution is 6.19. The molecule has 30 heavy (non-hydrogen) atoms. The Morgan fingerprint density at radius 2 is 1.93 bits per heavy atom. The Kier molecular flexibility index (Phi) is 5.28. The van der Waals surface area contributed by atoms with Gasteiger partial charge in [-0.2, -0.15) is 0 Å². The second kappa shape index (κ2) is 7.89. The number of ketones is 1. The molecule has 2 aliphatic heterocycles. The van der Waals surface area contributed by atoms with E-state index >= 15 is 0 Å². The molecule has 0 aromatic heterocycles. The summed E-state index contributed by atoms with van der Waals surface area (Å²) in [5.41, 5.74) is 0.208. The molecule has 2 aliphatic rings. The summed E-state index contributed by atoms with van der Waals surface area (Å²) in [6.07, 6.45) is -0.0787. The Balaban J connectivity index is 1.50. The van der Waals surface area contributed by atoms with Gasteiger partial charge in [0.15, 0.2) is 5.78 Å². The lowest BCUT2D eigenvalue weighted by molar-refractivity contribution is -0.124. The average Bonchev–Trinajstić information content (AvgIpc) is 2.96. The molecule has 7 heteroatoms. The third-order valence-corrected chi connectivity index (χ3v) is 5.95. The zero-order valence-electron chi connectivity index (χ0n) is 16.7. The number of hydrogen-bond donors (Lipinski definition) is 0. The van der Waals surface area contributed by atoms with E-state index in [1.165, 1.54) is 23.1 Å². The number of carbonyl (C=O) groups excluding carboxylic acids is 3. The number of benzene rings is 2. The van der Waals surface area contributed by atoms with Gasteiger partial charge in [-0.15, -0.1) is 0 Å². The monoisotopic (exact) mass is 410 g/mol. The summed E-state index contributed by atoms with van der Waals surface area (Å²) in [4.78, 5) is 41.1. The van der Waals surface area contributed by atoms with E-state index in [0.717, 1.165) is 5.56 Å². The van der Waals surface area contributed by atoms with E-state index in [2.05, 4.69) is 0 Å². The zero-order valence-corrected chi connectivity index (χ0v) is 16.7. The van der Waals surface area contributed by atoms with Crippen LogP contribution in [0.25, 0.3) is 0 Å². The first kappa shape index (κ1) is 20.1. The number of piperidine rings is 1. The van der Waals surface area contributed by atoms with Crippen LogP contribution in [-0.4, -0.2) is 40.8 Å². The SMILES string of the molecule is C[C@H]1C[C@]2(CCN1C(=O)OCc1ccccc1)C(=O)CC(=O)N2c1cccc(F)c1. The number of anilines is 1. The average molecular weight is 410 g/mol. The van der Waals surface area contributed by atoms with E-state index < -0.39 is 17.4 Å². The van der Waals surface area contributed by atoms with Crippen LogP contribution in [-0.2, 0) is 20.9 Å². The highest BCUT2D eigenvalue weighted by Gasteiger charge is 2.56. The van der Waals surface area contributed by atoms with Crippen LogP contribution in [0.15, 0.2) is 54.6 Å². The van der Waals surface area contributed by atoms with Gasteiger partial charge in [-0.05, 0) is 43.5 Å². The van der Waals surface area contributed by atoms with Crippen molar-refractivity contribution in [3.05, 3.63) is 66.0 Å². The van der Waals surface area contributed by atoms with E-state index in [1.807, 2.05) is 37.3 Å². The number of rotatable bonds is 3. The normalized spacial score (nSPS) is 23.9. The predicted octanol–water partition coefficient (Wildman–Crippen LogP) is 3.69. The van der Waals surface area contributed by atoms with Crippen molar-refractivity contribution in [2.75, 3.05) is 11.4 Å². The van der Waals surface area contributed by atoms with Crippen LogP contribution in [0, 0.1) is 5.82 Å². The number of ether oxygens (including phenoxy) is 1. The fourth-order valence-electron chi connectivity index (χ4n) is 4.51. The molecule has 156 valence electrons. The second-order valence-corrected chi connectivity index (χ2v) is 7.88. The smallest absolute Gasteiger partial charge is 0.410 e. The zero-order chi connectivity index (χ0) is 21.3. The molecule has 0 aliphatic carbocycles. The molecule has 0 unspecified atom stereocenters. The van der Waals surface area contributed by atoms with Crippen LogP contribution in [0.5, 0.6) is 0 Å². The van der Waals surface area contributed by atoms with Gasteiger partial charge < -0.3 is 9.64 Å². The van der Waals surface area contributed by atoms with Crippen LogP contribution in [0.2, 0.25) is 0 Å². The fourth-order valence-corrected chi connectivity index (χ4v) is 4.51. The van der Waals surface area contributed by atoms with Crippen molar-refractivity contribution in [2.45, 2.75) is 44.4 Å². The molecule has 0 saturated carbocycles. The fraction of sp³-hybridized carbons (Fsp3) is 0.348. The van der Waals surface area contributed by atoms with Crippen molar-refractivity contribution in [2.24, 2.45) is 0 Å². The molecule has 6 nitrogen and oxygen atoms in total. The van der Waals surface area contributed by atoms with Gasteiger partial charge >= 0.3 is 6.09 Å². The number of nitrogens with zero attached hydrogens (tertiary/aromatic N) is 2. The van der Waals surface area contributed by atoms with Gasteiger partial charge in [0.25, 0.3) is 0 Å². The van der Waals surface area contributed by atoms with Crippen LogP contribution < -0.4 is 4.90 Å². The van der Waals surface area contributed by atoms with Crippen molar-refractivity contribution >= 4 is 23.5 Å². The lowest BCUT2D eigenvalue weighted by atomic mass is 9.80. The number of hydrogen-bond acceptors (Lipinski definition) is 4. The van der Waals surface area contributed by atoms with E-state index in [-0.39, 0.29) is 43.7 Å². The van der Waals surface area contributed by atoms with Gasteiger partial charge in [0, 0.05) is 18.3 Å². The summed E-state index contributed by atoms with van der Waals surface area (Å²) in [6.45, 7) is 2.28. The molecule has 2 atom stereocenters. The van der Waals surface area contributed by atoms with Gasteiger partial charge in [-0.1, -0.05) is 36.4 Å². The lowest BCUT2D eigenvalue weighted by Gasteiger charge is -2.46. The minimum absolute atomic E-state index is 0.168. The number of Topliss-reactive ketones (excluding diaryl/α,β-unsaturated/α-hetero) is 1. The summed E-state index contributed by atoms with van der Waals surface area (Å²) >= 11 is 0. The first-order chi connectivity index (χ1) is 14.4. The Labute approximate surface area is 174 Å². The van der Waals surface area contributed by atoms with Crippen LogP contribution >= 0.6 is 0 Å². The lowest BCUT2D eigenvalue weighted by Crippen LogP contribution is -2.60. The Hall–Kier alpha value is -3.22. The molecule has 0 N–H and O–H groups in total. The summed E-state index contributed by atoms with van der Waals surface area (Å²) in [7, 11) is 0. The highest BCUT2D eigenvalue weighted by Crippen LogP contribution is 2.42. The molecule has 0 bridgehead atoms. The molecule has 2 aromatic carbocycles. The van der Waals surface area contributed by atoms with Gasteiger partial charge in [-0.3, -0.25) is 14.5 Å². The molecule has 2 saturated heterocycles. The minimum atomic E-state index is -1.06. The molecule has 2 heterocycles. The molecule has 2 amide bonds. The van der Waals surface area contributed by atoms with Gasteiger partial charge in [0.2, 0.25) is 5.91 Å². The highest BCUT2D eigenvalue weighted by atomic mass is 19.1. The number of likely N-dealkylation sites (tertiary alicyclic amines) is 1. The summed E-state index contributed by atoms with van der Waals surface area (Å²) < 4.78 is 19.2. The summed E-state index contributed by atoms with van der Waals surface area (Å²) in [6, 6.07) is 14.8. The molecule has 2 aromatic rings. The largest absolute Gasteiger partial charge is 0.445 e. The predicted molar refractivity (Wildman–Crippen MR) is 108 cm³/mol. The van der Waals surface area contributed by atoms with E-state index in [1.54, 1.807) is 11.0 Å². The molecule has 2 fully saturated rings. The topological polar surface area (TPSA) is 66.9 Å². The maximum absolute atomic E-state index is 13.8. The first-order valence-corrected chi connectivity index (χ1v) is 10.00. The van der Waals surface area contributed by atoms with Crippen LogP contribution in [0.1, 0.15) is 31.7 Å².